The first kappa shape index (κ1) is 16.5. The van der Waals surface area contributed by atoms with Gasteiger partial charge in [0.1, 0.15) is 5.82 Å². The standard InChI is InChI=1S/C18H24FNO2/c1-2-3-4-5-8-18(21)22-11-6-7-14-13-20-17-10-9-15(19)12-16(14)17/h9-10,12-13,20H,2-8,11H2,1H3. The number of aryl methyl sites for hydroxylation is 1. The molecule has 0 unspecified atom stereocenters. The van der Waals surface area contributed by atoms with Crippen molar-refractivity contribution in [3.8, 4) is 0 Å². The first-order valence-corrected chi connectivity index (χ1v) is 8.12. The van der Waals surface area contributed by atoms with Crippen LogP contribution in [0.5, 0.6) is 0 Å². The predicted molar refractivity (Wildman–Crippen MR) is 86.3 cm³/mol. The Kier molecular flexibility index (Phi) is 6.44. The van der Waals surface area contributed by atoms with Crippen molar-refractivity contribution in [1.82, 2.24) is 4.98 Å². The van der Waals surface area contributed by atoms with Crippen LogP contribution < -0.4 is 0 Å². The fraction of sp³-hybridized carbons (Fsp3) is 0.500. The number of halogens is 1. The second kappa shape index (κ2) is 8.57. The SMILES string of the molecule is CCCCCCC(=O)OCCCc1c[nH]c2ccc(F)cc12. The Hall–Kier alpha value is -1.84. The smallest absolute Gasteiger partial charge is 0.305 e. The largest absolute Gasteiger partial charge is 0.466 e. The van der Waals surface area contributed by atoms with Gasteiger partial charge in [0.25, 0.3) is 0 Å². The highest BCUT2D eigenvalue weighted by Crippen LogP contribution is 2.20. The van der Waals surface area contributed by atoms with Gasteiger partial charge in [-0.05, 0) is 43.0 Å². The number of carbonyl (C=O) groups excluding carboxylic acids is 1. The monoisotopic (exact) mass is 305 g/mol. The maximum absolute atomic E-state index is 13.3. The highest BCUT2D eigenvalue weighted by Gasteiger charge is 2.06. The first-order chi connectivity index (χ1) is 10.7. The lowest BCUT2D eigenvalue weighted by molar-refractivity contribution is -0.143. The number of nitrogens with one attached hydrogen (secondary N) is 1. The van der Waals surface area contributed by atoms with Crippen LogP contribution in [0.1, 0.15) is 51.0 Å². The van der Waals surface area contributed by atoms with Gasteiger partial charge in [-0.15, -0.1) is 0 Å². The third kappa shape index (κ3) is 4.86. The van der Waals surface area contributed by atoms with E-state index in [1.807, 2.05) is 6.20 Å². The van der Waals surface area contributed by atoms with E-state index in [2.05, 4.69) is 11.9 Å². The molecule has 120 valence electrons. The number of hydrogen-bond acceptors (Lipinski definition) is 2. The fourth-order valence-electron chi connectivity index (χ4n) is 2.57. The average molecular weight is 305 g/mol. The molecule has 3 nitrogen and oxygen atoms in total. The van der Waals surface area contributed by atoms with Crippen LogP contribution >= 0.6 is 0 Å². The number of aromatic nitrogens is 1. The Balaban J connectivity index is 1.69. The van der Waals surface area contributed by atoms with Crippen molar-refractivity contribution >= 4 is 16.9 Å². The van der Waals surface area contributed by atoms with Crippen LogP contribution in [0.4, 0.5) is 4.39 Å². The van der Waals surface area contributed by atoms with Gasteiger partial charge in [0.05, 0.1) is 6.61 Å². The van der Waals surface area contributed by atoms with Gasteiger partial charge in [-0.3, -0.25) is 4.79 Å². The van der Waals surface area contributed by atoms with Crippen LogP contribution in [0, 0.1) is 5.82 Å². The van der Waals surface area contributed by atoms with Gasteiger partial charge in [-0.2, -0.15) is 0 Å². The third-order valence-corrected chi connectivity index (χ3v) is 3.82. The van der Waals surface area contributed by atoms with Crippen LogP contribution in [-0.4, -0.2) is 17.6 Å². The zero-order chi connectivity index (χ0) is 15.8. The lowest BCUT2D eigenvalue weighted by Crippen LogP contribution is -2.06. The van der Waals surface area contributed by atoms with Crippen molar-refractivity contribution in [1.29, 1.82) is 0 Å². The lowest BCUT2D eigenvalue weighted by atomic mass is 10.1. The maximum Gasteiger partial charge on any atom is 0.305 e. The Labute approximate surface area is 130 Å². The molecule has 2 rings (SSSR count). The highest BCUT2D eigenvalue weighted by molar-refractivity contribution is 5.83. The molecule has 1 aromatic heterocycles. The molecule has 0 aliphatic heterocycles. The second-order valence-corrected chi connectivity index (χ2v) is 5.64. The van der Waals surface area contributed by atoms with Crippen LogP contribution in [0.25, 0.3) is 10.9 Å². The Morgan fingerprint density at radius 1 is 1.23 bits per heavy atom. The van der Waals surface area contributed by atoms with E-state index in [0.717, 1.165) is 42.1 Å². The quantitative estimate of drug-likeness (QED) is 0.536. The number of fused-ring (bicyclic) bond motifs is 1. The van der Waals surface area contributed by atoms with Crippen molar-refractivity contribution in [3.05, 3.63) is 35.8 Å². The molecule has 4 heteroatoms. The Morgan fingerprint density at radius 2 is 2.09 bits per heavy atom. The van der Waals surface area contributed by atoms with E-state index in [-0.39, 0.29) is 11.8 Å². The van der Waals surface area contributed by atoms with E-state index in [1.165, 1.54) is 18.9 Å². The molecule has 0 aliphatic carbocycles. The van der Waals surface area contributed by atoms with E-state index in [4.69, 9.17) is 4.74 Å². The second-order valence-electron chi connectivity index (χ2n) is 5.64. The molecular formula is C18H24FNO2. The summed E-state index contributed by atoms with van der Waals surface area (Å²) in [6, 6.07) is 4.73. The van der Waals surface area contributed by atoms with Crippen molar-refractivity contribution in [2.75, 3.05) is 6.61 Å². The van der Waals surface area contributed by atoms with E-state index in [9.17, 15) is 9.18 Å². The van der Waals surface area contributed by atoms with Gasteiger partial charge in [-0.1, -0.05) is 26.2 Å². The summed E-state index contributed by atoms with van der Waals surface area (Å²) >= 11 is 0. The van der Waals surface area contributed by atoms with Gasteiger partial charge in [-0.25, -0.2) is 4.39 Å². The molecule has 1 aromatic carbocycles. The number of H-pyrrole nitrogens is 1. The van der Waals surface area contributed by atoms with Crippen molar-refractivity contribution < 1.29 is 13.9 Å². The van der Waals surface area contributed by atoms with Crippen molar-refractivity contribution in [2.45, 2.75) is 51.9 Å². The molecular weight excluding hydrogens is 281 g/mol. The number of unbranched alkanes of at least 4 members (excludes halogenated alkanes) is 3. The minimum atomic E-state index is -0.230. The Morgan fingerprint density at radius 3 is 2.91 bits per heavy atom. The third-order valence-electron chi connectivity index (χ3n) is 3.82. The molecule has 0 saturated carbocycles. The summed E-state index contributed by atoms with van der Waals surface area (Å²) in [6.07, 6.45) is 8.28. The van der Waals surface area contributed by atoms with Gasteiger partial charge in [0, 0.05) is 23.5 Å². The molecule has 1 heterocycles. The minimum absolute atomic E-state index is 0.110. The van der Waals surface area contributed by atoms with E-state index < -0.39 is 0 Å². The first-order valence-electron chi connectivity index (χ1n) is 8.12. The van der Waals surface area contributed by atoms with Gasteiger partial charge < -0.3 is 9.72 Å². The molecule has 0 saturated heterocycles. The topological polar surface area (TPSA) is 42.1 Å². The molecule has 0 aliphatic rings. The summed E-state index contributed by atoms with van der Waals surface area (Å²) in [5.41, 5.74) is 2.00. The molecule has 0 fully saturated rings. The molecule has 0 amide bonds. The van der Waals surface area contributed by atoms with Crippen LogP contribution in [-0.2, 0) is 16.0 Å². The van der Waals surface area contributed by atoms with Crippen LogP contribution in [0.2, 0.25) is 0 Å². The number of hydrogen-bond donors (Lipinski definition) is 1. The average Bonchev–Trinajstić information content (AvgIpc) is 2.90. The number of carbonyl (C=O) groups is 1. The summed E-state index contributed by atoms with van der Waals surface area (Å²) in [5, 5.41) is 0.908. The summed E-state index contributed by atoms with van der Waals surface area (Å²) in [6.45, 7) is 2.57. The highest BCUT2D eigenvalue weighted by atomic mass is 19.1. The fourth-order valence-corrected chi connectivity index (χ4v) is 2.57. The predicted octanol–water partition coefficient (Wildman–Crippen LogP) is 4.75. The number of ether oxygens (including phenoxy) is 1. The molecule has 0 radical (unpaired) electrons. The van der Waals surface area contributed by atoms with Crippen LogP contribution in [0.15, 0.2) is 24.4 Å². The molecule has 2 aromatic rings. The molecule has 0 spiro atoms. The summed E-state index contributed by atoms with van der Waals surface area (Å²) in [4.78, 5) is 14.7. The van der Waals surface area contributed by atoms with Crippen molar-refractivity contribution in [3.63, 3.8) is 0 Å². The molecule has 1 N–H and O–H groups in total. The summed E-state index contributed by atoms with van der Waals surface area (Å²) in [7, 11) is 0. The molecule has 0 atom stereocenters. The maximum atomic E-state index is 13.3. The minimum Gasteiger partial charge on any atom is -0.466 e. The summed E-state index contributed by atoms with van der Waals surface area (Å²) in [5.74, 6) is -0.340. The zero-order valence-electron chi connectivity index (χ0n) is 13.2. The zero-order valence-corrected chi connectivity index (χ0v) is 13.2. The number of rotatable bonds is 9. The number of aromatic amines is 1. The normalized spacial score (nSPS) is 11.0. The Bertz CT molecular complexity index is 606. The van der Waals surface area contributed by atoms with Gasteiger partial charge >= 0.3 is 5.97 Å². The van der Waals surface area contributed by atoms with Gasteiger partial charge in [0.2, 0.25) is 0 Å². The lowest BCUT2D eigenvalue weighted by Gasteiger charge is -2.04. The van der Waals surface area contributed by atoms with Gasteiger partial charge in [0.15, 0.2) is 0 Å². The van der Waals surface area contributed by atoms with E-state index in [1.54, 1.807) is 12.1 Å². The molecule has 22 heavy (non-hydrogen) atoms. The van der Waals surface area contributed by atoms with E-state index in [0.29, 0.717) is 13.0 Å². The van der Waals surface area contributed by atoms with Crippen molar-refractivity contribution in [2.24, 2.45) is 0 Å². The number of esters is 1. The van der Waals surface area contributed by atoms with Crippen LogP contribution in [0.3, 0.4) is 0 Å². The summed E-state index contributed by atoms with van der Waals surface area (Å²) < 4.78 is 18.5. The number of benzene rings is 1. The van der Waals surface area contributed by atoms with E-state index >= 15 is 0 Å². The molecule has 0 bridgehead atoms.